The van der Waals surface area contributed by atoms with Crippen molar-refractivity contribution in [2.24, 2.45) is 0 Å². The largest absolute Gasteiger partial charge is 0.376 e. The molecule has 2 unspecified atom stereocenters. The summed E-state index contributed by atoms with van der Waals surface area (Å²) >= 11 is 8.11. The number of ether oxygens (including phenoxy) is 1. The molecule has 2 atom stereocenters. The molecule has 5 nitrogen and oxygen atoms in total. The van der Waals surface area contributed by atoms with Gasteiger partial charge in [-0.2, -0.15) is 0 Å². The summed E-state index contributed by atoms with van der Waals surface area (Å²) in [6.45, 7) is 3.77. The average molecular weight is 509 g/mol. The highest BCUT2D eigenvalue weighted by Crippen LogP contribution is 2.39. The maximum absolute atomic E-state index is 13.9. The Kier molecular flexibility index (Phi) is 7.23. The van der Waals surface area contributed by atoms with Crippen molar-refractivity contribution >= 4 is 34.8 Å². The molecular weight excluding hydrogens is 480 g/mol. The van der Waals surface area contributed by atoms with Crippen molar-refractivity contribution in [3.8, 4) is 0 Å². The molecule has 1 fully saturated rings. The highest BCUT2D eigenvalue weighted by molar-refractivity contribution is 7.10. The summed E-state index contributed by atoms with van der Waals surface area (Å²) in [6, 6.07) is 17.2. The van der Waals surface area contributed by atoms with Gasteiger partial charge >= 0.3 is 0 Å². The molecule has 0 aliphatic carbocycles. The molecule has 182 valence electrons. The van der Waals surface area contributed by atoms with E-state index in [1.165, 1.54) is 10.4 Å². The van der Waals surface area contributed by atoms with Gasteiger partial charge < -0.3 is 14.5 Å². The number of hydrogen-bond acceptors (Lipinski definition) is 4. The van der Waals surface area contributed by atoms with E-state index in [1.54, 1.807) is 40.5 Å². The Morgan fingerprint density at radius 2 is 1.91 bits per heavy atom. The summed E-state index contributed by atoms with van der Waals surface area (Å²) in [6.07, 6.45) is 2.61. The third kappa shape index (κ3) is 5.01. The fourth-order valence-electron chi connectivity index (χ4n) is 5.13. The summed E-state index contributed by atoms with van der Waals surface area (Å²) in [5, 5.41) is 2.50. The molecule has 0 radical (unpaired) electrons. The number of nitrogens with zero attached hydrogens (tertiary/aromatic N) is 2. The van der Waals surface area contributed by atoms with E-state index < -0.39 is 0 Å². The predicted molar refractivity (Wildman–Crippen MR) is 139 cm³/mol. The van der Waals surface area contributed by atoms with Crippen LogP contribution in [0.2, 0.25) is 5.02 Å². The molecule has 35 heavy (non-hydrogen) atoms. The lowest BCUT2D eigenvalue weighted by Gasteiger charge is -2.38. The van der Waals surface area contributed by atoms with Gasteiger partial charge in [0.15, 0.2) is 0 Å². The molecule has 0 saturated carbocycles. The second-order valence-electron chi connectivity index (χ2n) is 9.20. The Hall–Kier alpha value is -2.67. The highest BCUT2D eigenvalue weighted by Gasteiger charge is 2.35. The predicted octanol–water partition coefficient (Wildman–Crippen LogP) is 5.51. The number of fused-ring (bicyclic) bond motifs is 1. The summed E-state index contributed by atoms with van der Waals surface area (Å²) in [5.74, 6) is -0.298. The smallest absolute Gasteiger partial charge is 0.255 e. The number of halogens is 1. The van der Waals surface area contributed by atoms with Crippen LogP contribution in [0.15, 0.2) is 60.0 Å². The van der Waals surface area contributed by atoms with Gasteiger partial charge in [-0.3, -0.25) is 9.59 Å². The Bertz CT molecular complexity index is 1220. The van der Waals surface area contributed by atoms with E-state index in [1.807, 2.05) is 17.0 Å². The Labute approximate surface area is 215 Å². The molecule has 7 heteroatoms. The van der Waals surface area contributed by atoms with Crippen molar-refractivity contribution in [3.63, 3.8) is 0 Å². The van der Waals surface area contributed by atoms with Crippen molar-refractivity contribution < 1.29 is 14.3 Å². The molecule has 3 heterocycles. The van der Waals surface area contributed by atoms with Crippen LogP contribution in [0.1, 0.15) is 50.8 Å². The number of hydrogen-bond donors (Lipinski definition) is 0. The minimum Gasteiger partial charge on any atom is -0.376 e. The summed E-state index contributed by atoms with van der Waals surface area (Å²) in [7, 11) is 0. The lowest BCUT2D eigenvalue weighted by molar-refractivity contribution is -0.134. The monoisotopic (exact) mass is 508 g/mol. The minimum absolute atomic E-state index is 0.00817. The van der Waals surface area contributed by atoms with Gasteiger partial charge in [0, 0.05) is 24.6 Å². The van der Waals surface area contributed by atoms with Crippen molar-refractivity contribution in [1.29, 1.82) is 0 Å². The van der Waals surface area contributed by atoms with Gasteiger partial charge in [-0.05, 0) is 66.5 Å². The molecule has 2 aliphatic heterocycles. The van der Waals surface area contributed by atoms with Gasteiger partial charge in [-0.15, -0.1) is 11.3 Å². The van der Waals surface area contributed by atoms with Crippen molar-refractivity contribution in [1.82, 2.24) is 9.80 Å². The van der Waals surface area contributed by atoms with Gasteiger partial charge in [0.2, 0.25) is 5.91 Å². The van der Waals surface area contributed by atoms with Crippen LogP contribution in [0, 0.1) is 6.92 Å². The Balaban J connectivity index is 1.45. The number of benzene rings is 2. The van der Waals surface area contributed by atoms with E-state index in [0.29, 0.717) is 30.3 Å². The van der Waals surface area contributed by atoms with E-state index in [2.05, 4.69) is 30.5 Å². The van der Waals surface area contributed by atoms with Gasteiger partial charge in [0.05, 0.1) is 22.7 Å². The van der Waals surface area contributed by atoms with E-state index in [0.717, 1.165) is 30.4 Å². The number of carbonyl (C=O) groups is 2. The van der Waals surface area contributed by atoms with Crippen LogP contribution in [0.3, 0.4) is 0 Å². The fraction of sp³-hybridized carbons (Fsp3) is 0.357. The zero-order valence-electron chi connectivity index (χ0n) is 19.8. The third-order valence-electron chi connectivity index (χ3n) is 6.93. The molecule has 2 aromatic carbocycles. The van der Waals surface area contributed by atoms with Crippen LogP contribution in [0.4, 0.5) is 0 Å². The van der Waals surface area contributed by atoms with Crippen molar-refractivity contribution in [2.45, 2.75) is 38.3 Å². The lowest BCUT2D eigenvalue weighted by Crippen LogP contribution is -2.48. The number of carbonyl (C=O) groups excluding carboxylic acids is 2. The van der Waals surface area contributed by atoms with Crippen LogP contribution >= 0.6 is 22.9 Å². The molecule has 0 N–H and O–H groups in total. The first-order valence-electron chi connectivity index (χ1n) is 12.1. The fourth-order valence-corrected chi connectivity index (χ4v) is 6.25. The molecule has 1 saturated heterocycles. The molecular formula is C28H29ClN2O3S. The maximum atomic E-state index is 13.9. The molecule has 2 aliphatic rings. The van der Waals surface area contributed by atoms with Crippen molar-refractivity contribution in [2.75, 3.05) is 26.2 Å². The molecule has 2 amide bonds. The topological polar surface area (TPSA) is 49.9 Å². The molecule has 5 rings (SSSR count). The number of rotatable bonds is 6. The zero-order valence-corrected chi connectivity index (χ0v) is 21.4. The molecule has 3 aromatic rings. The van der Waals surface area contributed by atoms with Gasteiger partial charge in [0.1, 0.15) is 6.54 Å². The van der Waals surface area contributed by atoms with Crippen LogP contribution in [0.25, 0.3) is 0 Å². The van der Waals surface area contributed by atoms with E-state index >= 15 is 0 Å². The maximum Gasteiger partial charge on any atom is 0.255 e. The summed E-state index contributed by atoms with van der Waals surface area (Å²) < 4.78 is 5.82. The average Bonchev–Trinajstić information content (AvgIpc) is 3.55. The molecule has 1 aromatic heterocycles. The summed E-state index contributed by atoms with van der Waals surface area (Å²) in [5.41, 5.74) is 3.88. The highest BCUT2D eigenvalue weighted by atomic mass is 35.5. The molecule has 0 spiro atoms. The quantitative estimate of drug-likeness (QED) is 0.441. The van der Waals surface area contributed by atoms with Gasteiger partial charge in [0.25, 0.3) is 5.91 Å². The van der Waals surface area contributed by atoms with Crippen LogP contribution < -0.4 is 0 Å². The second-order valence-corrected chi connectivity index (χ2v) is 10.6. The molecule has 0 bridgehead atoms. The first-order valence-corrected chi connectivity index (χ1v) is 13.4. The van der Waals surface area contributed by atoms with Gasteiger partial charge in [-0.1, -0.05) is 48.0 Å². The van der Waals surface area contributed by atoms with Gasteiger partial charge in [-0.25, -0.2) is 0 Å². The van der Waals surface area contributed by atoms with Crippen LogP contribution in [-0.4, -0.2) is 54.0 Å². The standard InChI is InChI=1S/C28H29ClN2O3S/c1-19-7-2-3-9-21(19)27-23-13-16-35-25(23)12-14-31(27)26(32)18-30(17-20-8-6-15-34-20)28(33)22-10-4-5-11-24(22)29/h2-5,7,9-11,13,16,20,27H,6,8,12,14-15,17-18H2,1H3. The number of amides is 2. The third-order valence-corrected chi connectivity index (χ3v) is 8.26. The van der Waals surface area contributed by atoms with Crippen molar-refractivity contribution in [3.05, 3.63) is 92.1 Å². The first-order chi connectivity index (χ1) is 17.0. The first kappa shape index (κ1) is 24.0. The minimum atomic E-state index is -0.236. The van der Waals surface area contributed by atoms with Crippen LogP contribution in [0.5, 0.6) is 0 Å². The van der Waals surface area contributed by atoms with E-state index in [-0.39, 0.29) is 30.5 Å². The van der Waals surface area contributed by atoms with E-state index in [9.17, 15) is 9.59 Å². The lowest BCUT2D eigenvalue weighted by atomic mass is 9.90. The van der Waals surface area contributed by atoms with E-state index in [4.69, 9.17) is 16.3 Å². The SMILES string of the molecule is Cc1ccccc1C1c2ccsc2CCN1C(=O)CN(CC1CCCO1)C(=O)c1ccccc1Cl. The van der Waals surface area contributed by atoms with Crippen LogP contribution in [-0.2, 0) is 16.0 Å². The Morgan fingerprint density at radius 3 is 2.69 bits per heavy atom. The zero-order chi connectivity index (χ0) is 24.4. The Morgan fingerprint density at radius 1 is 1.11 bits per heavy atom. The number of aryl methyl sites for hydroxylation is 1. The second kappa shape index (κ2) is 10.5. The normalized spacial score (nSPS) is 19.4. The summed E-state index contributed by atoms with van der Waals surface area (Å²) in [4.78, 5) is 32.3. The number of thiophene rings is 1.